The molecular formula is C33H43N3O4. The van der Waals surface area contributed by atoms with Crippen molar-refractivity contribution in [2.75, 3.05) is 6.54 Å². The number of ether oxygens (including phenoxy) is 2. The second kappa shape index (κ2) is 12.1. The highest BCUT2D eigenvalue weighted by atomic mass is 16.6. The van der Waals surface area contributed by atoms with E-state index >= 15 is 0 Å². The van der Waals surface area contributed by atoms with Gasteiger partial charge in [-0.15, -0.1) is 0 Å². The number of hydrogen-bond acceptors (Lipinski definition) is 5. The van der Waals surface area contributed by atoms with Gasteiger partial charge in [-0.25, -0.2) is 9.59 Å². The first-order valence-electron chi connectivity index (χ1n) is 13.7. The van der Waals surface area contributed by atoms with E-state index < -0.39 is 23.4 Å². The van der Waals surface area contributed by atoms with Crippen LogP contribution in [-0.4, -0.2) is 35.9 Å². The van der Waals surface area contributed by atoms with Crippen molar-refractivity contribution in [2.24, 2.45) is 4.99 Å². The third-order valence-electron chi connectivity index (χ3n) is 5.96. The van der Waals surface area contributed by atoms with E-state index in [1.807, 2.05) is 6.07 Å². The zero-order chi connectivity index (χ0) is 29.7. The number of amides is 2. The number of alkyl carbamates (subject to hydrolysis) is 2. The molecule has 2 N–H and O–H groups in total. The summed E-state index contributed by atoms with van der Waals surface area (Å²) in [5, 5.41) is 7.37. The fourth-order valence-electron chi connectivity index (χ4n) is 4.19. The highest BCUT2D eigenvalue weighted by molar-refractivity contribution is 6.01. The van der Waals surface area contributed by atoms with Crippen molar-refractivity contribution in [1.82, 2.24) is 10.6 Å². The number of fused-ring (bicyclic) bond motifs is 1. The van der Waals surface area contributed by atoms with Crippen LogP contribution >= 0.6 is 0 Å². The normalized spacial score (nSPS) is 12.0. The van der Waals surface area contributed by atoms with Gasteiger partial charge in [-0.2, -0.15) is 0 Å². The van der Waals surface area contributed by atoms with Crippen LogP contribution < -0.4 is 10.6 Å². The Morgan fingerprint density at radius 1 is 0.700 bits per heavy atom. The summed E-state index contributed by atoms with van der Waals surface area (Å²) in [6.07, 6.45) is -0.830. The van der Waals surface area contributed by atoms with E-state index in [2.05, 4.69) is 91.0 Å². The zero-order valence-corrected chi connectivity index (χ0v) is 25.3. The number of aliphatic imine (C=N–C) groups is 1. The summed E-state index contributed by atoms with van der Waals surface area (Å²) in [4.78, 5) is 29.2. The molecule has 3 aromatic carbocycles. The van der Waals surface area contributed by atoms with Crippen LogP contribution in [0.15, 0.2) is 65.7 Å². The van der Waals surface area contributed by atoms with Crippen LogP contribution in [0.4, 0.5) is 9.59 Å². The molecule has 3 rings (SSSR count). The predicted molar refractivity (Wildman–Crippen MR) is 163 cm³/mol. The molecule has 3 aromatic rings. The lowest BCUT2D eigenvalue weighted by molar-refractivity contribution is 0.0545. The predicted octanol–water partition coefficient (Wildman–Crippen LogP) is 7.75. The summed E-state index contributed by atoms with van der Waals surface area (Å²) in [5.74, 6) is -0.0247. The van der Waals surface area contributed by atoms with Gasteiger partial charge in [0.15, 0.2) is 0 Å². The summed E-state index contributed by atoms with van der Waals surface area (Å²) in [6, 6.07) is 21.3. The van der Waals surface area contributed by atoms with Crippen molar-refractivity contribution < 1.29 is 19.1 Å². The van der Waals surface area contributed by atoms with E-state index in [4.69, 9.17) is 9.47 Å². The van der Waals surface area contributed by atoms with Crippen LogP contribution in [0, 0.1) is 0 Å². The van der Waals surface area contributed by atoms with Gasteiger partial charge in [-0.1, -0.05) is 81.4 Å². The average molecular weight is 546 g/mol. The monoisotopic (exact) mass is 545 g/mol. The lowest BCUT2D eigenvalue weighted by atomic mass is 9.86. The van der Waals surface area contributed by atoms with Crippen LogP contribution in [-0.2, 0) is 21.3 Å². The topological polar surface area (TPSA) is 89.0 Å². The van der Waals surface area contributed by atoms with Crippen molar-refractivity contribution in [3.05, 3.63) is 71.8 Å². The molecule has 0 aliphatic heterocycles. The molecule has 0 aliphatic rings. The lowest BCUT2D eigenvalue weighted by Gasteiger charge is -2.22. The maximum absolute atomic E-state index is 12.4. The Labute approximate surface area is 238 Å². The zero-order valence-electron chi connectivity index (χ0n) is 25.3. The Bertz CT molecular complexity index is 1340. The fraction of sp³-hybridized carbons (Fsp3) is 0.424. The Morgan fingerprint density at radius 2 is 1.23 bits per heavy atom. The van der Waals surface area contributed by atoms with Gasteiger partial charge in [0.05, 0.1) is 0 Å². The highest BCUT2D eigenvalue weighted by Crippen LogP contribution is 2.32. The van der Waals surface area contributed by atoms with Gasteiger partial charge < -0.3 is 9.47 Å². The summed E-state index contributed by atoms with van der Waals surface area (Å²) < 4.78 is 10.7. The summed E-state index contributed by atoms with van der Waals surface area (Å²) in [7, 11) is 0. The number of hydrogen-bond donors (Lipinski definition) is 2. The maximum atomic E-state index is 12.4. The third kappa shape index (κ3) is 9.11. The Morgan fingerprint density at radius 3 is 1.75 bits per heavy atom. The number of guanidine groups is 1. The Kier molecular flexibility index (Phi) is 9.28. The molecule has 0 atom stereocenters. The molecule has 0 saturated heterocycles. The first-order valence-corrected chi connectivity index (χ1v) is 13.7. The van der Waals surface area contributed by atoms with E-state index in [9.17, 15) is 9.59 Å². The molecular weight excluding hydrogens is 502 g/mol. The fourth-order valence-corrected chi connectivity index (χ4v) is 4.19. The molecule has 0 saturated carbocycles. The van der Waals surface area contributed by atoms with E-state index in [1.165, 1.54) is 16.7 Å². The minimum absolute atomic E-state index is 0.0247. The molecule has 7 nitrogen and oxygen atoms in total. The molecule has 0 bridgehead atoms. The standard InChI is InChI=1S/C33H43N3O4/c1-31(2,3)24-18-16-23(17-19-24)26-14-11-13-25-22(12-10-15-27(25)26)20-21-34-28(35-29(37)39-32(4,5)6)36-30(38)40-33(7,8)9/h10-19H,20-21H2,1-9H3,(H2,34,35,36,37,38). The molecule has 214 valence electrons. The largest absolute Gasteiger partial charge is 0.444 e. The molecule has 0 radical (unpaired) electrons. The second-order valence-electron chi connectivity index (χ2n) is 12.9. The molecule has 0 aromatic heterocycles. The minimum atomic E-state index is -0.713. The Balaban J connectivity index is 1.84. The van der Waals surface area contributed by atoms with Crippen molar-refractivity contribution in [3.8, 4) is 11.1 Å². The first kappa shape index (κ1) is 30.7. The lowest BCUT2D eigenvalue weighted by Crippen LogP contribution is -2.47. The summed E-state index contributed by atoms with van der Waals surface area (Å²) in [5.41, 5.74) is 3.44. The van der Waals surface area contributed by atoms with E-state index in [1.54, 1.807) is 41.5 Å². The van der Waals surface area contributed by atoms with Crippen LogP contribution in [0.2, 0.25) is 0 Å². The van der Waals surface area contributed by atoms with Gasteiger partial charge in [0.2, 0.25) is 5.96 Å². The third-order valence-corrected chi connectivity index (χ3v) is 5.96. The summed E-state index contributed by atoms with van der Waals surface area (Å²) in [6.45, 7) is 17.5. The van der Waals surface area contributed by atoms with Crippen LogP contribution in [0.3, 0.4) is 0 Å². The highest BCUT2D eigenvalue weighted by Gasteiger charge is 2.21. The summed E-state index contributed by atoms with van der Waals surface area (Å²) >= 11 is 0. The number of nitrogens with zero attached hydrogens (tertiary/aromatic N) is 1. The molecule has 0 fully saturated rings. The van der Waals surface area contributed by atoms with Crippen molar-refractivity contribution >= 4 is 28.9 Å². The van der Waals surface area contributed by atoms with Crippen LogP contribution in [0.5, 0.6) is 0 Å². The SMILES string of the molecule is CC(C)(C)OC(=O)NC(=NCCc1cccc2c(-c3ccc(C(C)(C)C)cc3)cccc12)NC(=O)OC(C)(C)C. The molecule has 0 aliphatic carbocycles. The number of carbonyl (C=O) groups excluding carboxylic acids is 2. The molecule has 40 heavy (non-hydrogen) atoms. The molecule has 0 spiro atoms. The smallest absolute Gasteiger partial charge is 0.414 e. The molecule has 2 amide bonds. The van der Waals surface area contributed by atoms with Gasteiger partial charge in [-0.05, 0) is 86.4 Å². The van der Waals surface area contributed by atoms with Crippen molar-refractivity contribution in [2.45, 2.75) is 85.4 Å². The van der Waals surface area contributed by atoms with E-state index in [-0.39, 0.29) is 11.4 Å². The first-order chi connectivity index (χ1) is 18.5. The number of carbonyl (C=O) groups is 2. The molecule has 0 unspecified atom stereocenters. The van der Waals surface area contributed by atoms with Gasteiger partial charge >= 0.3 is 12.2 Å². The number of rotatable bonds is 4. The van der Waals surface area contributed by atoms with E-state index in [0.717, 1.165) is 16.3 Å². The number of benzene rings is 3. The average Bonchev–Trinajstić information content (AvgIpc) is 2.81. The van der Waals surface area contributed by atoms with Gasteiger partial charge in [0.25, 0.3) is 0 Å². The van der Waals surface area contributed by atoms with Crippen molar-refractivity contribution in [1.29, 1.82) is 0 Å². The minimum Gasteiger partial charge on any atom is -0.444 e. The van der Waals surface area contributed by atoms with Gasteiger partial charge in [0.1, 0.15) is 11.2 Å². The molecule has 7 heteroatoms. The quantitative estimate of drug-likeness (QED) is 0.259. The number of nitrogens with one attached hydrogen (secondary N) is 2. The van der Waals surface area contributed by atoms with Crippen molar-refractivity contribution in [3.63, 3.8) is 0 Å². The second-order valence-corrected chi connectivity index (χ2v) is 12.9. The van der Waals surface area contributed by atoms with Gasteiger partial charge in [-0.3, -0.25) is 15.6 Å². The van der Waals surface area contributed by atoms with Crippen LogP contribution in [0.25, 0.3) is 21.9 Å². The van der Waals surface area contributed by atoms with E-state index in [0.29, 0.717) is 13.0 Å². The van der Waals surface area contributed by atoms with Gasteiger partial charge in [0, 0.05) is 6.54 Å². The maximum Gasteiger partial charge on any atom is 0.414 e. The Hall–Kier alpha value is -3.87. The molecule has 0 heterocycles. The van der Waals surface area contributed by atoms with Crippen LogP contribution in [0.1, 0.15) is 73.4 Å².